The number of benzene rings is 1. The van der Waals surface area contributed by atoms with Crippen molar-refractivity contribution in [3.63, 3.8) is 0 Å². The largest absolute Gasteiger partial charge is 0.441 e. The summed E-state index contributed by atoms with van der Waals surface area (Å²) < 4.78 is 10.8. The van der Waals surface area contributed by atoms with Crippen LogP contribution in [0.15, 0.2) is 33.5 Å². The van der Waals surface area contributed by atoms with E-state index in [-0.39, 0.29) is 5.43 Å². The number of hydrogen-bond donors (Lipinski definition) is 1. The van der Waals surface area contributed by atoms with Crippen molar-refractivity contribution in [2.45, 2.75) is 18.8 Å². The molecule has 4 nitrogen and oxygen atoms in total. The average molecular weight is 245 g/mol. The second-order valence-electron chi connectivity index (χ2n) is 4.66. The molecule has 0 aromatic carbocycles. The summed E-state index contributed by atoms with van der Waals surface area (Å²) in [5, 5.41) is 0. The van der Waals surface area contributed by atoms with Crippen molar-refractivity contribution in [1.29, 1.82) is 0 Å². The highest BCUT2D eigenvalue weighted by atomic mass is 16.5. The summed E-state index contributed by atoms with van der Waals surface area (Å²) >= 11 is 0. The SMILES string of the molecule is Nc1ccc2c(=O)cc(C3CCOCC3)cc-2o1. The first-order chi connectivity index (χ1) is 8.74. The Hall–Kier alpha value is -1.81. The summed E-state index contributed by atoms with van der Waals surface area (Å²) in [6.45, 7) is 1.51. The van der Waals surface area contributed by atoms with Crippen LogP contribution in [0, 0.1) is 0 Å². The molecule has 18 heavy (non-hydrogen) atoms. The Morgan fingerprint density at radius 3 is 2.72 bits per heavy atom. The molecule has 0 atom stereocenters. The zero-order valence-electron chi connectivity index (χ0n) is 10.0. The van der Waals surface area contributed by atoms with Crippen LogP contribution in [0.4, 0.5) is 5.88 Å². The lowest BCUT2D eigenvalue weighted by molar-refractivity contribution is 0.0853. The van der Waals surface area contributed by atoms with Crippen LogP contribution in [0.25, 0.3) is 11.3 Å². The van der Waals surface area contributed by atoms with E-state index < -0.39 is 0 Å². The van der Waals surface area contributed by atoms with E-state index in [0.29, 0.717) is 23.1 Å². The highest BCUT2D eigenvalue weighted by Crippen LogP contribution is 2.30. The van der Waals surface area contributed by atoms with Gasteiger partial charge in [0.2, 0.25) is 0 Å². The fraction of sp³-hybridized carbons (Fsp3) is 0.357. The van der Waals surface area contributed by atoms with Gasteiger partial charge in [-0.25, -0.2) is 0 Å². The van der Waals surface area contributed by atoms with Crippen LogP contribution in [-0.2, 0) is 4.74 Å². The van der Waals surface area contributed by atoms with E-state index in [1.807, 2.05) is 6.07 Å². The molecule has 2 heterocycles. The number of rotatable bonds is 1. The number of fused-ring (bicyclic) bond motifs is 1. The minimum atomic E-state index is -0.00209. The lowest BCUT2D eigenvalue weighted by Gasteiger charge is -2.22. The van der Waals surface area contributed by atoms with Crippen molar-refractivity contribution >= 4 is 5.88 Å². The van der Waals surface area contributed by atoms with Crippen molar-refractivity contribution in [2.75, 3.05) is 18.9 Å². The van der Waals surface area contributed by atoms with Crippen LogP contribution in [-0.4, -0.2) is 13.2 Å². The maximum atomic E-state index is 12.0. The monoisotopic (exact) mass is 245 g/mol. The first-order valence-electron chi connectivity index (χ1n) is 6.15. The van der Waals surface area contributed by atoms with Crippen molar-refractivity contribution in [3.05, 3.63) is 40.1 Å². The van der Waals surface area contributed by atoms with Crippen molar-refractivity contribution in [3.8, 4) is 11.3 Å². The molecule has 1 saturated heterocycles. The minimum Gasteiger partial charge on any atom is -0.441 e. The first-order valence-corrected chi connectivity index (χ1v) is 6.15. The molecule has 0 spiro atoms. The third-order valence-corrected chi connectivity index (χ3v) is 3.46. The van der Waals surface area contributed by atoms with Gasteiger partial charge >= 0.3 is 0 Å². The Kier molecular flexibility index (Phi) is 2.80. The Morgan fingerprint density at radius 1 is 1.17 bits per heavy atom. The standard InChI is InChI=1S/C14H15NO3/c15-14-2-1-11-12(16)7-10(8-13(11)18-14)9-3-5-17-6-4-9/h1-2,7-9H,3-6,15H2. The third kappa shape index (κ3) is 1.99. The lowest BCUT2D eigenvalue weighted by Crippen LogP contribution is -2.16. The maximum absolute atomic E-state index is 12.0. The number of ether oxygens (including phenoxy) is 1. The zero-order chi connectivity index (χ0) is 12.5. The predicted molar refractivity (Wildman–Crippen MR) is 68.8 cm³/mol. The molecular weight excluding hydrogens is 230 g/mol. The molecule has 0 radical (unpaired) electrons. The summed E-state index contributed by atoms with van der Waals surface area (Å²) in [5.41, 5.74) is 7.23. The second kappa shape index (κ2) is 4.46. The van der Waals surface area contributed by atoms with Crippen LogP contribution in [0.1, 0.15) is 24.3 Å². The molecule has 1 fully saturated rings. The second-order valence-corrected chi connectivity index (χ2v) is 4.66. The molecule has 1 aliphatic carbocycles. The lowest BCUT2D eigenvalue weighted by atomic mass is 9.90. The van der Waals surface area contributed by atoms with Gasteiger partial charge in [-0.1, -0.05) is 0 Å². The molecule has 0 bridgehead atoms. The molecule has 0 saturated carbocycles. The van der Waals surface area contributed by atoms with Crippen molar-refractivity contribution in [1.82, 2.24) is 0 Å². The van der Waals surface area contributed by atoms with Gasteiger partial charge in [0.05, 0.1) is 5.56 Å². The molecule has 3 rings (SSSR count). The molecule has 0 aromatic heterocycles. The van der Waals surface area contributed by atoms with E-state index in [4.69, 9.17) is 14.9 Å². The van der Waals surface area contributed by atoms with Gasteiger partial charge in [-0.3, -0.25) is 4.79 Å². The fourth-order valence-electron chi connectivity index (χ4n) is 2.46. The van der Waals surface area contributed by atoms with E-state index in [1.54, 1.807) is 18.2 Å². The van der Waals surface area contributed by atoms with Gasteiger partial charge in [-0.05, 0) is 48.6 Å². The molecule has 3 aliphatic rings. The molecular formula is C14H15NO3. The maximum Gasteiger partial charge on any atom is 0.190 e. The molecule has 2 aliphatic heterocycles. The smallest absolute Gasteiger partial charge is 0.190 e. The quantitative estimate of drug-likeness (QED) is 0.836. The van der Waals surface area contributed by atoms with Gasteiger partial charge in [0.15, 0.2) is 11.3 Å². The van der Waals surface area contributed by atoms with Gasteiger partial charge in [0.1, 0.15) is 5.76 Å². The summed E-state index contributed by atoms with van der Waals surface area (Å²) in [4.78, 5) is 12.0. The van der Waals surface area contributed by atoms with Gasteiger partial charge < -0.3 is 14.9 Å². The van der Waals surface area contributed by atoms with E-state index in [9.17, 15) is 4.79 Å². The van der Waals surface area contributed by atoms with Gasteiger partial charge in [0, 0.05) is 13.2 Å². The number of nitrogen functional groups attached to an aromatic ring is 1. The number of hydrogen-bond acceptors (Lipinski definition) is 4. The average Bonchev–Trinajstić information content (AvgIpc) is 2.39. The molecule has 0 unspecified atom stereocenters. The van der Waals surface area contributed by atoms with Gasteiger partial charge in [-0.2, -0.15) is 0 Å². The Balaban J connectivity index is 2.08. The molecule has 94 valence electrons. The predicted octanol–water partition coefficient (Wildman–Crippen LogP) is 2.22. The van der Waals surface area contributed by atoms with Crippen LogP contribution < -0.4 is 11.2 Å². The van der Waals surface area contributed by atoms with E-state index in [1.165, 1.54) is 0 Å². The Morgan fingerprint density at radius 2 is 1.94 bits per heavy atom. The highest BCUT2D eigenvalue weighted by Gasteiger charge is 2.19. The van der Waals surface area contributed by atoms with Crippen LogP contribution in [0.3, 0.4) is 0 Å². The van der Waals surface area contributed by atoms with Crippen LogP contribution in [0.5, 0.6) is 0 Å². The summed E-state index contributed by atoms with van der Waals surface area (Å²) in [6.07, 6.45) is 1.90. The molecule has 2 N–H and O–H groups in total. The van der Waals surface area contributed by atoms with Crippen LogP contribution >= 0.6 is 0 Å². The van der Waals surface area contributed by atoms with Crippen molar-refractivity contribution < 1.29 is 9.15 Å². The van der Waals surface area contributed by atoms with Gasteiger partial charge in [-0.15, -0.1) is 0 Å². The Labute approximate surface area is 105 Å². The van der Waals surface area contributed by atoms with Crippen molar-refractivity contribution in [2.24, 2.45) is 0 Å². The van der Waals surface area contributed by atoms with E-state index >= 15 is 0 Å². The summed E-state index contributed by atoms with van der Waals surface area (Å²) in [6, 6.07) is 6.97. The zero-order valence-corrected chi connectivity index (χ0v) is 10.0. The normalized spacial score (nSPS) is 17.1. The number of nitrogens with two attached hydrogens (primary N) is 1. The minimum absolute atomic E-state index is 0.00209. The third-order valence-electron chi connectivity index (χ3n) is 3.46. The number of anilines is 1. The summed E-state index contributed by atoms with van der Waals surface area (Å²) in [7, 11) is 0. The molecule has 0 amide bonds. The van der Waals surface area contributed by atoms with E-state index in [2.05, 4.69) is 0 Å². The van der Waals surface area contributed by atoms with Gasteiger partial charge in [0.25, 0.3) is 0 Å². The van der Waals surface area contributed by atoms with E-state index in [0.717, 1.165) is 31.6 Å². The Bertz CT molecular complexity index is 584. The van der Waals surface area contributed by atoms with Crippen LogP contribution in [0.2, 0.25) is 0 Å². The molecule has 4 heteroatoms. The highest BCUT2D eigenvalue weighted by molar-refractivity contribution is 5.61. The molecule has 0 aromatic rings. The topological polar surface area (TPSA) is 65.5 Å². The fourth-order valence-corrected chi connectivity index (χ4v) is 2.46. The first kappa shape index (κ1) is 11.3. The summed E-state index contributed by atoms with van der Waals surface area (Å²) in [5.74, 6) is 1.28.